The standard InChI is InChI=1S/C24H24F8O/c1-2-3-14-4-6-15(7-5-14)16-8-10-17(11-9-16)18-12-19(25)21(20(26)13-18)33-24(31,32)22(27)23(28,29)30/h8-15,22H,2-7H2,1H3. The first-order valence-corrected chi connectivity index (χ1v) is 10.8. The number of alkyl halides is 6. The van der Waals surface area contributed by atoms with Gasteiger partial charge < -0.3 is 4.74 Å². The van der Waals surface area contributed by atoms with Gasteiger partial charge in [0.05, 0.1) is 0 Å². The summed E-state index contributed by atoms with van der Waals surface area (Å²) in [6.45, 7) is 2.17. The fourth-order valence-electron chi connectivity index (χ4n) is 4.34. The SMILES string of the molecule is CCCC1CCC(c2ccc(-c3cc(F)c(OC(F)(F)C(F)C(F)(F)F)c(F)c3)cc2)CC1. The van der Waals surface area contributed by atoms with Crippen LogP contribution in [-0.2, 0) is 0 Å². The Morgan fingerprint density at radius 1 is 0.879 bits per heavy atom. The van der Waals surface area contributed by atoms with Gasteiger partial charge in [0.25, 0.3) is 6.17 Å². The Morgan fingerprint density at radius 3 is 1.91 bits per heavy atom. The molecule has 3 rings (SSSR count). The van der Waals surface area contributed by atoms with E-state index in [4.69, 9.17) is 0 Å². The van der Waals surface area contributed by atoms with Gasteiger partial charge in [-0.15, -0.1) is 0 Å². The van der Waals surface area contributed by atoms with Crippen LogP contribution in [0.1, 0.15) is 56.9 Å². The molecular weight excluding hydrogens is 456 g/mol. The van der Waals surface area contributed by atoms with Gasteiger partial charge in [-0.05, 0) is 66.3 Å². The van der Waals surface area contributed by atoms with Gasteiger partial charge in [0.2, 0.25) is 0 Å². The third kappa shape index (κ3) is 5.98. The molecule has 0 saturated heterocycles. The van der Waals surface area contributed by atoms with E-state index in [9.17, 15) is 35.1 Å². The molecule has 0 aliphatic heterocycles. The van der Waals surface area contributed by atoms with Gasteiger partial charge in [-0.25, -0.2) is 13.2 Å². The Balaban J connectivity index is 1.75. The molecule has 0 spiro atoms. The van der Waals surface area contributed by atoms with Crippen LogP contribution in [-0.4, -0.2) is 18.5 Å². The lowest BCUT2D eigenvalue weighted by molar-refractivity contribution is -0.306. The number of hydrogen-bond donors (Lipinski definition) is 0. The van der Waals surface area contributed by atoms with E-state index < -0.39 is 35.8 Å². The van der Waals surface area contributed by atoms with Crippen LogP contribution in [0.25, 0.3) is 11.1 Å². The van der Waals surface area contributed by atoms with E-state index in [0.717, 1.165) is 43.6 Å². The van der Waals surface area contributed by atoms with E-state index in [1.807, 2.05) is 12.1 Å². The van der Waals surface area contributed by atoms with Crippen molar-refractivity contribution in [2.45, 2.75) is 69.8 Å². The second-order valence-electron chi connectivity index (χ2n) is 8.47. The van der Waals surface area contributed by atoms with Crippen molar-refractivity contribution >= 4 is 0 Å². The first kappa shape index (κ1) is 25.3. The fourth-order valence-corrected chi connectivity index (χ4v) is 4.34. The molecule has 2 aromatic carbocycles. The van der Waals surface area contributed by atoms with Crippen molar-refractivity contribution in [3.8, 4) is 16.9 Å². The van der Waals surface area contributed by atoms with Gasteiger partial charge in [-0.3, -0.25) is 0 Å². The molecule has 0 heterocycles. The summed E-state index contributed by atoms with van der Waals surface area (Å²) >= 11 is 0. The van der Waals surface area contributed by atoms with E-state index in [1.54, 1.807) is 12.1 Å². The number of halogens is 8. The van der Waals surface area contributed by atoms with Crippen LogP contribution in [0.2, 0.25) is 0 Å². The summed E-state index contributed by atoms with van der Waals surface area (Å²) in [6.07, 6.45) is -9.41. The zero-order chi connectivity index (χ0) is 24.4. The Bertz CT molecular complexity index is 907. The average Bonchev–Trinajstić information content (AvgIpc) is 2.76. The van der Waals surface area contributed by atoms with Crippen LogP contribution in [0.4, 0.5) is 35.1 Å². The molecule has 0 aromatic heterocycles. The van der Waals surface area contributed by atoms with Crippen LogP contribution in [0, 0.1) is 17.6 Å². The minimum atomic E-state index is -5.96. The van der Waals surface area contributed by atoms with Gasteiger partial charge >= 0.3 is 12.3 Å². The highest BCUT2D eigenvalue weighted by atomic mass is 19.4. The van der Waals surface area contributed by atoms with Crippen LogP contribution >= 0.6 is 0 Å². The summed E-state index contributed by atoms with van der Waals surface area (Å²) < 4.78 is 109. The van der Waals surface area contributed by atoms with E-state index in [0.29, 0.717) is 23.6 Å². The van der Waals surface area contributed by atoms with Gasteiger partial charge in [-0.1, -0.05) is 44.0 Å². The zero-order valence-electron chi connectivity index (χ0n) is 17.9. The second kappa shape index (κ2) is 9.89. The van der Waals surface area contributed by atoms with Crippen molar-refractivity contribution in [1.82, 2.24) is 0 Å². The minimum Gasteiger partial charge on any atom is -0.424 e. The van der Waals surface area contributed by atoms with E-state index in [-0.39, 0.29) is 5.56 Å². The lowest BCUT2D eigenvalue weighted by Crippen LogP contribution is -2.46. The van der Waals surface area contributed by atoms with E-state index in [1.165, 1.54) is 6.42 Å². The fraction of sp³-hybridized carbons (Fsp3) is 0.500. The molecule has 182 valence electrons. The molecule has 1 fully saturated rings. The van der Waals surface area contributed by atoms with Crippen LogP contribution in [0.5, 0.6) is 5.75 Å². The summed E-state index contributed by atoms with van der Waals surface area (Å²) in [5.74, 6) is -3.99. The van der Waals surface area contributed by atoms with Crippen molar-refractivity contribution in [1.29, 1.82) is 0 Å². The average molecular weight is 480 g/mol. The van der Waals surface area contributed by atoms with Crippen molar-refractivity contribution in [3.63, 3.8) is 0 Å². The maximum absolute atomic E-state index is 14.3. The normalized spacial score (nSPS) is 20.5. The van der Waals surface area contributed by atoms with Crippen molar-refractivity contribution < 1.29 is 39.9 Å². The predicted molar refractivity (Wildman–Crippen MR) is 108 cm³/mol. The molecule has 0 bridgehead atoms. The van der Waals surface area contributed by atoms with Gasteiger partial charge in [0.1, 0.15) is 0 Å². The minimum absolute atomic E-state index is 0.0218. The third-order valence-corrected chi connectivity index (χ3v) is 6.08. The maximum Gasteiger partial charge on any atom is 0.439 e. The molecule has 0 N–H and O–H groups in total. The molecular formula is C24H24F8O. The van der Waals surface area contributed by atoms with Crippen molar-refractivity contribution in [2.75, 3.05) is 0 Å². The largest absolute Gasteiger partial charge is 0.439 e. The molecule has 1 aliphatic rings. The first-order chi connectivity index (χ1) is 15.4. The van der Waals surface area contributed by atoms with Gasteiger partial charge in [0.15, 0.2) is 17.4 Å². The summed E-state index contributed by atoms with van der Waals surface area (Å²) in [6, 6.07) is 8.26. The van der Waals surface area contributed by atoms with Gasteiger partial charge in [0, 0.05) is 0 Å². The highest BCUT2D eigenvalue weighted by Crippen LogP contribution is 2.40. The number of rotatable bonds is 7. The number of hydrogen-bond acceptors (Lipinski definition) is 1. The monoisotopic (exact) mass is 480 g/mol. The number of benzene rings is 2. The highest BCUT2D eigenvalue weighted by Gasteiger charge is 2.59. The van der Waals surface area contributed by atoms with Gasteiger partial charge in [-0.2, -0.15) is 22.0 Å². The predicted octanol–water partition coefficient (Wildman–Crippen LogP) is 8.58. The molecule has 0 amide bonds. The Hall–Kier alpha value is -2.32. The topological polar surface area (TPSA) is 9.23 Å². The molecule has 1 aliphatic carbocycles. The smallest absolute Gasteiger partial charge is 0.424 e. The van der Waals surface area contributed by atoms with Crippen molar-refractivity contribution in [2.24, 2.45) is 5.92 Å². The van der Waals surface area contributed by atoms with E-state index in [2.05, 4.69) is 11.7 Å². The number of ether oxygens (including phenoxy) is 1. The highest BCUT2D eigenvalue weighted by molar-refractivity contribution is 5.65. The summed E-state index contributed by atoms with van der Waals surface area (Å²) in [5, 5.41) is 0. The summed E-state index contributed by atoms with van der Waals surface area (Å²) in [5.41, 5.74) is 1.45. The molecule has 2 aromatic rings. The van der Waals surface area contributed by atoms with E-state index >= 15 is 0 Å². The lowest BCUT2D eigenvalue weighted by Gasteiger charge is -2.28. The molecule has 1 atom stereocenters. The first-order valence-electron chi connectivity index (χ1n) is 10.8. The lowest BCUT2D eigenvalue weighted by atomic mass is 9.77. The van der Waals surface area contributed by atoms with Crippen LogP contribution < -0.4 is 4.74 Å². The molecule has 1 nitrogen and oxygen atoms in total. The zero-order valence-corrected chi connectivity index (χ0v) is 17.9. The molecule has 9 heteroatoms. The molecule has 0 radical (unpaired) electrons. The molecule has 1 unspecified atom stereocenters. The maximum atomic E-state index is 14.3. The summed E-state index contributed by atoms with van der Waals surface area (Å²) in [7, 11) is 0. The Kier molecular flexibility index (Phi) is 7.59. The Morgan fingerprint density at radius 2 is 1.42 bits per heavy atom. The second-order valence-corrected chi connectivity index (χ2v) is 8.47. The Labute approximate surface area is 186 Å². The molecule has 1 saturated carbocycles. The quantitative estimate of drug-likeness (QED) is 0.361. The van der Waals surface area contributed by atoms with Crippen molar-refractivity contribution in [3.05, 3.63) is 53.6 Å². The molecule has 33 heavy (non-hydrogen) atoms. The van der Waals surface area contributed by atoms with Crippen LogP contribution in [0.15, 0.2) is 36.4 Å². The third-order valence-electron chi connectivity index (χ3n) is 6.08. The van der Waals surface area contributed by atoms with Crippen LogP contribution in [0.3, 0.4) is 0 Å². The summed E-state index contributed by atoms with van der Waals surface area (Å²) in [4.78, 5) is 0.